The Kier molecular flexibility index (Phi) is 4.90. The van der Waals surface area contributed by atoms with Gasteiger partial charge >= 0.3 is 0 Å². The van der Waals surface area contributed by atoms with Gasteiger partial charge in [-0.15, -0.1) is 17.5 Å². The summed E-state index contributed by atoms with van der Waals surface area (Å²) in [5.41, 5.74) is 3.90. The van der Waals surface area contributed by atoms with Crippen molar-refractivity contribution in [1.82, 2.24) is 24.9 Å². The molecule has 0 aliphatic carbocycles. The monoisotopic (exact) mass is 387 g/mol. The zero-order chi connectivity index (χ0) is 17.5. The number of ether oxygens (including phenoxy) is 1. The molecule has 0 amide bonds. The van der Waals surface area contributed by atoms with E-state index in [2.05, 4.69) is 20.2 Å². The molecule has 0 bridgehead atoms. The van der Waals surface area contributed by atoms with E-state index in [1.807, 2.05) is 28.9 Å². The molecule has 27 heavy (non-hydrogen) atoms. The lowest BCUT2D eigenvalue weighted by molar-refractivity contribution is -0.00494. The predicted molar refractivity (Wildman–Crippen MR) is 99.8 cm³/mol. The standard InChI is InChI=1S/C19H18FN5O.ClH/c20-15-5-3-13(4-6-15)9-24-10-16-18(11-24)26-12-17-19(22-23-25(16)17)14-2-1-7-21-8-14;/h1-8,16,18H,9-12H2;1H/t16-,18-;/m1./s1. The topological polar surface area (TPSA) is 56.1 Å². The van der Waals surface area contributed by atoms with Gasteiger partial charge in [-0.25, -0.2) is 9.07 Å². The predicted octanol–water partition coefficient (Wildman–Crippen LogP) is 2.86. The van der Waals surface area contributed by atoms with E-state index in [-0.39, 0.29) is 30.4 Å². The first-order valence-electron chi connectivity index (χ1n) is 8.71. The van der Waals surface area contributed by atoms with Crippen molar-refractivity contribution < 1.29 is 9.13 Å². The second-order valence-corrected chi connectivity index (χ2v) is 6.81. The van der Waals surface area contributed by atoms with Crippen molar-refractivity contribution in [2.75, 3.05) is 13.1 Å². The summed E-state index contributed by atoms with van der Waals surface area (Å²) in [5, 5.41) is 8.79. The fourth-order valence-electron chi connectivity index (χ4n) is 3.84. The fourth-order valence-corrected chi connectivity index (χ4v) is 3.84. The Hall–Kier alpha value is -2.35. The Balaban J connectivity index is 0.00000180. The maximum absolute atomic E-state index is 13.1. The molecule has 0 radical (unpaired) electrons. The minimum Gasteiger partial charge on any atom is -0.368 e. The molecule has 3 aromatic rings. The Labute approximate surface area is 162 Å². The zero-order valence-electron chi connectivity index (χ0n) is 14.5. The van der Waals surface area contributed by atoms with Gasteiger partial charge < -0.3 is 4.74 Å². The van der Waals surface area contributed by atoms with Crippen molar-refractivity contribution in [3.05, 3.63) is 65.9 Å². The minimum atomic E-state index is -0.206. The van der Waals surface area contributed by atoms with Crippen molar-refractivity contribution in [2.24, 2.45) is 0 Å². The fraction of sp³-hybridized carbons (Fsp3) is 0.316. The number of nitrogens with zero attached hydrogens (tertiary/aromatic N) is 5. The first-order valence-corrected chi connectivity index (χ1v) is 8.71. The molecule has 140 valence electrons. The largest absolute Gasteiger partial charge is 0.368 e. The van der Waals surface area contributed by atoms with Crippen LogP contribution in [0.15, 0.2) is 48.8 Å². The summed E-state index contributed by atoms with van der Waals surface area (Å²) in [6, 6.07) is 10.7. The molecule has 1 aromatic carbocycles. The molecule has 0 saturated carbocycles. The number of pyridine rings is 1. The van der Waals surface area contributed by atoms with Gasteiger partial charge in [0.2, 0.25) is 0 Å². The van der Waals surface area contributed by atoms with Crippen LogP contribution < -0.4 is 0 Å². The zero-order valence-corrected chi connectivity index (χ0v) is 15.3. The molecule has 4 heterocycles. The van der Waals surface area contributed by atoms with Crippen molar-refractivity contribution in [1.29, 1.82) is 0 Å². The summed E-state index contributed by atoms with van der Waals surface area (Å²) < 4.78 is 21.2. The number of halogens is 2. The molecule has 1 saturated heterocycles. The third-order valence-corrected chi connectivity index (χ3v) is 5.11. The molecular weight excluding hydrogens is 369 g/mol. The highest BCUT2D eigenvalue weighted by atomic mass is 35.5. The number of hydrogen-bond donors (Lipinski definition) is 0. The molecule has 2 atom stereocenters. The van der Waals surface area contributed by atoms with E-state index in [0.717, 1.165) is 42.1 Å². The van der Waals surface area contributed by atoms with Gasteiger partial charge in [0.05, 0.1) is 24.4 Å². The van der Waals surface area contributed by atoms with Gasteiger partial charge in [-0.3, -0.25) is 9.88 Å². The highest BCUT2D eigenvalue weighted by Crippen LogP contribution is 2.34. The molecule has 5 rings (SSSR count). The van der Waals surface area contributed by atoms with Gasteiger partial charge in [-0.2, -0.15) is 0 Å². The summed E-state index contributed by atoms with van der Waals surface area (Å²) in [5.74, 6) is -0.206. The van der Waals surface area contributed by atoms with E-state index in [9.17, 15) is 4.39 Å². The maximum atomic E-state index is 13.1. The molecule has 1 fully saturated rings. The van der Waals surface area contributed by atoms with Gasteiger partial charge in [0.15, 0.2) is 0 Å². The second kappa shape index (κ2) is 7.34. The van der Waals surface area contributed by atoms with Crippen molar-refractivity contribution in [2.45, 2.75) is 25.3 Å². The molecule has 2 aromatic heterocycles. The lowest BCUT2D eigenvalue weighted by Crippen LogP contribution is -2.32. The molecule has 8 heteroatoms. The maximum Gasteiger partial charge on any atom is 0.123 e. The number of likely N-dealkylation sites (tertiary alicyclic amines) is 1. The molecule has 2 aliphatic heterocycles. The van der Waals surface area contributed by atoms with E-state index < -0.39 is 0 Å². The first kappa shape index (κ1) is 18.0. The van der Waals surface area contributed by atoms with E-state index in [0.29, 0.717) is 6.61 Å². The molecule has 6 nitrogen and oxygen atoms in total. The Morgan fingerprint density at radius 1 is 1.15 bits per heavy atom. The van der Waals surface area contributed by atoms with Crippen molar-refractivity contribution in [3.8, 4) is 11.3 Å². The summed E-state index contributed by atoms with van der Waals surface area (Å²) in [4.78, 5) is 6.49. The average Bonchev–Trinajstić information content (AvgIpc) is 3.27. The van der Waals surface area contributed by atoms with Crippen molar-refractivity contribution in [3.63, 3.8) is 0 Å². The smallest absolute Gasteiger partial charge is 0.123 e. The number of benzene rings is 1. The van der Waals surface area contributed by atoms with Crippen LogP contribution in [0.3, 0.4) is 0 Å². The van der Waals surface area contributed by atoms with Crippen molar-refractivity contribution >= 4 is 12.4 Å². The van der Waals surface area contributed by atoms with Gasteiger partial charge in [-0.1, -0.05) is 17.3 Å². The van der Waals surface area contributed by atoms with Crippen LogP contribution in [0.25, 0.3) is 11.3 Å². The highest BCUT2D eigenvalue weighted by Gasteiger charge is 2.40. The SMILES string of the molecule is Cl.Fc1ccc(CN2C[C@@H]3[C@@H](C2)OCc2c(-c4cccnc4)nnn23)cc1. The average molecular weight is 388 g/mol. The molecular formula is C19H19ClFN5O. The summed E-state index contributed by atoms with van der Waals surface area (Å²) in [6.45, 7) is 2.95. The van der Waals surface area contributed by atoms with Crippen LogP contribution in [0.5, 0.6) is 0 Å². The molecule has 0 spiro atoms. The third-order valence-electron chi connectivity index (χ3n) is 5.11. The summed E-state index contributed by atoms with van der Waals surface area (Å²) >= 11 is 0. The number of aromatic nitrogens is 4. The van der Waals surface area contributed by atoms with Crippen LogP contribution in [0.1, 0.15) is 17.3 Å². The Morgan fingerprint density at radius 2 is 2.00 bits per heavy atom. The second-order valence-electron chi connectivity index (χ2n) is 6.81. The molecule has 0 unspecified atom stereocenters. The lowest BCUT2D eigenvalue weighted by atomic mass is 10.1. The molecule has 0 N–H and O–H groups in total. The Bertz CT molecular complexity index is 918. The summed E-state index contributed by atoms with van der Waals surface area (Å²) in [7, 11) is 0. The van der Waals surface area contributed by atoms with Crippen LogP contribution >= 0.6 is 12.4 Å². The van der Waals surface area contributed by atoms with Crippen LogP contribution in [-0.4, -0.2) is 44.1 Å². The van der Waals surface area contributed by atoms with Gasteiger partial charge in [0, 0.05) is 37.6 Å². The van der Waals surface area contributed by atoms with E-state index >= 15 is 0 Å². The van der Waals surface area contributed by atoms with Crippen LogP contribution in [0.2, 0.25) is 0 Å². The van der Waals surface area contributed by atoms with Gasteiger partial charge in [0.1, 0.15) is 11.5 Å². The molecule has 2 aliphatic rings. The van der Waals surface area contributed by atoms with Gasteiger partial charge in [-0.05, 0) is 29.8 Å². The number of rotatable bonds is 3. The quantitative estimate of drug-likeness (QED) is 0.691. The van der Waals surface area contributed by atoms with E-state index in [1.165, 1.54) is 12.1 Å². The first-order chi connectivity index (χ1) is 12.8. The van der Waals surface area contributed by atoms with E-state index in [4.69, 9.17) is 4.74 Å². The lowest BCUT2D eigenvalue weighted by Gasteiger charge is -2.26. The summed E-state index contributed by atoms with van der Waals surface area (Å²) in [6.07, 6.45) is 3.65. The minimum absolute atomic E-state index is 0. The van der Waals surface area contributed by atoms with E-state index in [1.54, 1.807) is 12.4 Å². The number of fused-ring (bicyclic) bond motifs is 3. The third kappa shape index (κ3) is 3.34. The van der Waals surface area contributed by atoms with Crippen LogP contribution in [0.4, 0.5) is 4.39 Å². The number of hydrogen-bond acceptors (Lipinski definition) is 5. The van der Waals surface area contributed by atoms with Crippen LogP contribution in [0, 0.1) is 5.82 Å². The Morgan fingerprint density at radius 3 is 2.78 bits per heavy atom. The van der Waals surface area contributed by atoms with Crippen LogP contribution in [-0.2, 0) is 17.9 Å². The normalized spacial score (nSPS) is 21.4. The highest BCUT2D eigenvalue weighted by molar-refractivity contribution is 5.85. The van der Waals surface area contributed by atoms with Gasteiger partial charge in [0.25, 0.3) is 0 Å².